The zero-order valence-corrected chi connectivity index (χ0v) is 12.8. The van der Waals surface area contributed by atoms with Crippen LogP contribution in [0, 0.1) is 0 Å². The lowest BCUT2D eigenvalue weighted by Gasteiger charge is -2.34. The Morgan fingerprint density at radius 2 is 1.25 bits per heavy atom. The van der Waals surface area contributed by atoms with E-state index < -0.39 is 0 Å². The molecule has 0 rings (SSSR count). The van der Waals surface area contributed by atoms with Crippen LogP contribution in [0.15, 0.2) is 0 Å². The summed E-state index contributed by atoms with van der Waals surface area (Å²) in [6.45, 7) is 8.29. The number of hydrogen-bond donors (Lipinski definition) is 0. The van der Waals surface area contributed by atoms with Gasteiger partial charge in [-0.05, 0) is 25.7 Å². The third-order valence-corrected chi connectivity index (χ3v) is 3.40. The van der Waals surface area contributed by atoms with Gasteiger partial charge in [0.25, 0.3) is 0 Å². The number of unbranched alkanes of at least 4 members (excludes halogenated alkanes) is 4. The van der Waals surface area contributed by atoms with Crippen LogP contribution in [0.5, 0.6) is 0 Å². The number of hydrogen-bond acceptors (Lipinski definition) is 0. The highest BCUT2D eigenvalue weighted by Gasteiger charge is 2.19. The molecule has 100 valence electrons. The first-order valence-electron chi connectivity index (χ1n) is 6.58. The molecule has 3 heteroatoms. The highest BCUT2D eigenvalue weighted by atomic mass is 35.5. The molecular weight excluding hydrogens is 241 g/mol. The summed E-state index contributed by atoms with van der Waals surface area (Å²) in [6, 6.07) is 0. The zero-order chi connectivity index (χ0) is 11.6. The van der Waals surface area contributed by atoms with E-state index in [2.05, 4.69) is 20.9 Å². The normalized spacial score (nSPS) is 11.2. The van der Waals surface area contributed by atoms with Crippen LogP contribution in [0.1, 0.15) is 52.4 Å². The molecule has 0 bridgehead atoms. The Morgan fingerprint density at radius 1 is 0.812 bits per heavy atom. The number of alkyl halides is 1. The monoisotopic (exact) mass is 269 g/mol. The van der Waals surface area contributed by atoms with E-state index in [0.717, 1.165) is 12.4 Å². The lowest BCUT2D eigenvalue weighted by atomic mass is 10.2. The fourth-order valence-corrected chi connectivity index (χ4v) is 2.43. The minimum atomic E-state index is 0. The largest absolute Gasteiger partial charge is 1.00 e. The topological polar surface area (TPSA) is 0 Å². The van der Waals surface area contributed by atoms with Crippen LogP contribution in [0.4, 0.5) is 0 Å². The summed E-state index contributed by atoms with van der Waals surface area (Å²) >= 11 is 5.90. The van der Waals surface area contributed by atoms with Gasteiger partial charge in [-0.25, -0.2) is 0 Å². The molecule has 0 saturated carbocycles. The highest BCUT2D eigenvalue weighted by Crippen LogP contribution is 2.10. The quantitative estimate of drug-likeness (QED) is 0.316. The van der Waals surface area contributed by atoms with Crippen molar-refractivity contribution in [1.82, 2.24) is 0 Å². The average molecular weight is 270 g/mol. The number of halogens is 2. The molecule has 0 amide bonds. The van der Waals surface area contributed by atoms with Gasteiger partial charge in [-0.2, -0.15) is 0 Å². The van der Waals surface area contributed by atoms with E-state index in [9.17, 15) is 0 Å². The molecule has 0 aliphatic rings. The third kappa shape index (κ3) is 9.74. The van der Waals surface area contributed by atoms with Gasteiger partial charge in [0.15, 0.2) is 0 Å². The summed E-state index contributed by atoms with van der Waals surface area (Å²) < 4.78 is 1.18. The molecular formula is C13H29Cl2N. The minimum Gasteiger partial charge on any atom is -1.00 e. The molecule has 0 saturated heterocycles. The predicted molar refractivity (Wildman–Crippen MR) is 70.6 cm³/mol. The van der Waals surface area contributed by atoms with Crippen LogP contribution >= 0.6 is 11.6 Å². The molecule has 0 aromatic carbocycles. The smallest absolute Gasteiger partial charge is 0.0922 e. The van der Waals surface area contributed by atoms with Crippen LogP contribution in [0.2, 0.25) is 0 Å². The Kier molecular flexibility index (Phi) is 14.2. The van der Waals surface area contributed by atoms with Crippen molar-refractivity contribution in [2.45, 2.75) is 52.4 Å². The summed E-state index contributed by atoms with van der Waals surface area (Å²) in [6.07, 6.45) is 8.07. The van der Waals surface area contributed by atoms with E-state index in [-0.39, 0.29) is 12.4 Å². The van der Waals surface area contributed by atoms with E-state index >= 15 is 0 Å². The van der Waals surface area contributed by atoms with Crippen LogP contribution in [-0.2, 0) is 0 Å². The van der Waals surface area contributed by atoms with Crippen LogP contribution < -0.4 is 12.4 Å². The third-order valence-electron chi connectivity index (χ3n) is 3.23. The number of rotatable bonds is 10. The second kappa shape index (κ2) is 12.0. The van der Waals surface area contributed by atoms with Gasteiger partial charge in [0.05, 0.1) is 32.6 Å². The predicted octanol–water partition coefficient (Wildman–Crippen LogP) is 1.06. The molecule has 0 radical (unpaired) electrons. The van der Waals surface area contributed by atoms with Crippen LogP contribution in [-0.4, -0.2) is 37.0 Å². The number of quaternary nitrogens is 1. The van der Waals surface area contributed by atoms with E-state index in [1.807, 2.05) is 0 Å². The average Bonchev–Trinajstić information content (AvgIpc) is 2.19. The first-order valence-corrected chi connectivity index (χ1v) is 7.11. The summed E-state index contributed by atoms with van der Waals surface area (Å²) in [7, 11) is 2.37. The van der Waals surface area contributed by atoms with Crippen molar-refractivity contribution in [2.75, 3.05) is 32.6 Å². The lowest BCUT2D eigenvalue weighted by Crippen LogP contribution is -3.00. The molecule has 0 aromatic heterocycles. The van der Waals surface area contributed by atoms with Gasteiger partial charge in [0.2, 0.25) is 0 Å². The maximum atomic E-state index is 5.90. The van der Waals surface area contributed by atoms with E-state index in [1.54, 1.807) is 0 Å². The Labute approximate surface area is 114 Å². The van der Waals surface area contributed by atoms with E-state index in [0.29, 0.717) is 0 Å². The Morgan fingerprint density at radius 3 is 1.56 bits per heavy atom. The first kappa shape index (κ1) is 18.9. The van der Waals surface area contributed by atoms with E-state index in [1.165, 1.54) is 56.1 Å². The van der Waals surface area contributed by atoms with Crippen molar-refractivity contribution in [2.24, 2.45) is 0 Å². The summed E-state index contributed by atoms with van der Waals surface area (Å²) in [4.78, 5) is 0. The minimum absolute atomic E-state index is 0. The Balaban J connectivity index is 0. The van der Waals surface area contributed by atoms with Crippen molar-refractivity contribution >= 4 is 11.6 Å². The van der Waals surface area contributed by atoms with Gasteiger partial charge in [0, 0.05) is 0 Å². The molecule has 16 heavy (non-hydrogen) atoms. The van der Waals surface area contributed by atoms with Crippen molar-refractivity contribution in [3.8, 4) is 0 Å². The van der Waals surface area contributed by atoms with Gasteiger partial charge < -0.3 is 16.9 Å². The van der Waals surface area contributed by atoms with Crippen molar-refractivity contribution in [3.63, 3.8) is 0 Å². The van der Waals surface area contributed by atoms with Gasteiger partial charge in [-0.3, -0.25) is 0 Å². The highest BCUT2D eigenvalue weighted by molar-refractivity contribution is 6.17. The van der Waals surface area contributed by atoms with Gasteiger partial charge >= 0.3 is 0 Å². The van der Waals surface area contributed by atoms with E-state index in [4.69, 9.17) is 11.6 Å². The molecule has 0 heterocycles. The van der Waals surface area contributed by atoms with Crippen molar-refractivity contribution < 1.29 is 16.9 Å². The van der Waals surface area contributed by atoms with Crippen LogP contribution in [0.3, 0.4) is 0 Å². The summed E-state index contributed by atoms with van der Waals surface area (Å²) in [5, 5.41) is 0. The number of nitrogens with zero attached hydrogens (tertiary/aromatic N) is 1. The molecule has 0 aliphatic carbocycles. The fourth-order valence-electron chi connectivity index (χ4n) is 2.03. The maximum Gasteiger partial charge on any atom is 0.0922 e. The molecule has 1 nitrogen and oxygen atoms in total. The van der Waals surface area contributed by atoms with Gasteiger partial charge in [-0.1, -0.05) is 26.7 Å². The molecule has 0 atom stereocenters. The molecule has 0 spiro atoms. The second-order valence-electron chi connectivity index (χ2n) is 4.89. The zero-order valence-electron chi connectivity index (χ0n) is 11.3. The first-order chi connectivity index (χ1) is 7.18. The van der Waals surface area contributed by atoms with Gasteiger partial charge in [-0.15, -0.1) is 11.6 Å². The van der Waals surface area contributed by atoms with Crippen molar-refractivity contribution in [3.05, 3.63) is 0 Å². The summed E-state index contributed by atoms with van der Waals surface area (Å²) in [5.41, 5.74) is 0. The maximum absolute atomic E-state index is 5.90. The van der Waals surface area contributed by atoms with Gasteiger partial charge in [0.1, 0.15) is 0 Å². The summed E-state index contributed by atoms with van der Waals surface area (Å²) in [5.74, 6) is 0.800. The molecule has 0 fully saturated rings. The second-order valence-corrected chi connectivity index (χ2v) is 5.27. The van der Waals surface area contributed by atoms with Crippen molar-refractivity contribution in [1.29, 1.82) is 0 Å². The Bertz CT molecular complexity index is 130. The molecule has 0 N–H and O–H groups in total. The Hall–Kier alpha value is 0.540. The lowest BCUT2D eigenvalue weighted by molar-refractivity contribution is -0.907. The molecule has 0 aromatic rings. The molecule has 0 unspecified atom stereocenters. The van der Waals surface area contributed by atoms with Crippen LogP contribution in [0.25, 0.3) is 0 Å². The molecule has 0 aliphatic heterocycles. The SMILES string of the molecule is CCCCC[N+](C)(CCCl)CCCCC.[Cl-]. The fraction of sp³-hybridized carbons (Fsp3) is 1.00. The standard InChI is InChI=1S/C13H29ClN.ClH/c1-4-6-8-11-15(3,13-10-14)12-9-7-5-2;/h4-13H2,1-3H3;1H/q+1;/p-1.